The number of carbonyl (C=O) groups excluding carboxylic acids is 2. The van der Waals surface area contributed by atoms with Crippen LogP contribution >= 0.6 is 0 Å². The maximum atomic E-state index is 14.9. The van der Waals surface area contributed by atoms with E-state index in [1.54, 1.807) is 42.5 Å². The van der Waals surface area contributed by atoms with Crippen LogP contribution in [0, 0.1) is 5.82 Å². The Kier molecular flexibility index (Phi) is 6.66. The van der Waals surface area contributed by atoms with Crippen LogP contribution in [-0.2, 0) is 19.4 Å². The lowest BCUT2D eigenvalue weighted by Crippen LogP contribution is -2.22. The Balaban J connectivity index is 1.68. The van der Waals surface area contributed by atoms with Crippen molar-refractivity contribution in [3.05, 3.63) is 78.6 Å². The fourth-order valence-electron chi connectivity index (χ4n) is 2.80. The highest BCUT2D eigenvalue weighted by Crippen LogP contribution is 2.27. The van der Waals surface area contributed by atoms with Gasteiger partial charge < -0.3 is 16.0 Å². The summed E-state index contributed by atoms with van der Waals surface area (Å²) in [6.45, 7) is 1.11. The number of rotatable bonds is 7. The average Bonchev–Trinajstić information content (AvgIpc) is 2.74. The van der Waals surface area contributed by atoms with Crippen molar-refractivity contribution in [3.63, 3.8) is 0 Å². The van der Waals surface area contributed by atoms with Crippen LogP contribution < -0.4 is 16.0 Å². The van der Waals surface area contributed by atoms with Crippen LogP contribution in [0.4, 0.5) is 21.5 Å². The zero-order valence-corrected chi connectivity index (χ0v) is 17.4. The molecule has 3 N–H and O–H groups in total. The van der Waals surface area contributed by atoms with Gasteiger partial charge in [-0.15, -0.1) is 0 Å². The van der Waals surface area contributed by atoms with E-state index in [2.05, 4.69) is 16.0 Å². The number of sulfone groups is 1. The highest BCUT2D eigenvalue weighted by Gasteiger charge is 2.23. The fraction of sp³-hybridized carbons (Fsp3) is 0.0909. The fourth-order valence-corrected chi connectivity index (χ4v) is 4.18. The van der Waals surface area contributed by atoms with Crippen molar-refractivity contribution in [2.24, 2.45) is 0 Å². The van der Waals surface area contributed by atoms with E-state index in [4.69, 9.17) is 0 Å². The number of hydrogen-bond donors (Lipinski definition) is 3. The molecule has 0 heterocycles. The summed E-state index contributed by atoms with van der Waals surface area (Å²) in [4.78, 5) is 22.7. The Hall–Kier alpha value is -3.72. The third-order valence-corrected chi connectivity index (χ3v) is 6.02. The van der Waals surface area contributed by atoms with E-state index in [-0.39, 0.29) is 23.0 Å². The summed E-state index contributed by atoms with van der Waals surface area (Å²) in [5.41, 5.74) is 0.970. The summed E-state index contributed by atoms with van der Waals surface area (Å²) in [7, 11) is -4.04. The second kappa shape index (κ2) is 9.40. The van der Waals surface area contributed by atoms with E-state index >= 15 is 0 Å². The predicted octanol–water partition coefficient (Wildman–Crippen LogP) is 3.67. The van der Waals surface area contributed by atoms with Gasteiger partial charge in [-0.2, -0.15) is 0 Å². The minimum Gasteiger partial charge on any atom is -0.374 e. The van der Waals surface area contributed by atoms with Gasteiger partial charge in [-0.05, 0) is 48.5 Å². The van der Waals surface area contributed by atoms with E-state index in [0.717, 1.165) is 0 Å². The lowest BCUT2D eigenvalue weighted by Gasteiger charge is -2.12. The highest BCUT2D eigenvalue weighted by molar-refractivity contribution is 7.91. The maximum Gasteiger partial charge on any atom is 0.243 e. The first-order chi connectivity index (χ1) is 14.8. The van der Waals surface area contributed by atoms with Gasteiger partial charge in [0.25, 0.3) is 0 Å². The summed E-state index contributed by atoms with van der Waals surface area (Å²) >= 11 is 0. The molecule has 0 aliphatic carbocycles. The molecule has 0 bridgehead atoms. The molecule has 0 saturated heterocycles. The standard InChI is InChI=1S/C22H20FN3O4S/c1-15(27)25-16-10-12-17(13-11-16)26-21(28)14-24-19-8-5-9-20(22(19)23)31(29,30)18-6-3-2-4-7-18/h2-13,24H,14H2,1H3,(H,25,27)(H,26,28). The molecule has 0 saturated carbocycles. The van der Waals surface area contributed by atoms with Gasteiger partial charge >= 0.3 is 0 Å². The number of nitrogens with one attached hydrogen (secondary N) is 3. The van der Waals surface area contributed by atoms with Crippen molar-refractivity contribution in [3.8, 4) is 0 Å². The molecule has 3 rings (SSSR count). The number of amides is 2. The summed E-state index contributed by atoms with van der Waals surface area (Å²) in [6.07, 6.45) is 0. The quantitative estimate of drug-likeness (QED) is 0.519. The Morgan fingerprint density at radius 1 is 0.839 bits per heavy atom. The average molecular weight is 441 g/mol. The molecule has 2 amide bonds. The summed E-state index contributed by atoms with van der Waals surface area (Å²) in [6, 6.07) is 18.0. The second-order valence-corrected chi connectivity index (χ2v) is 8.51. The smallest absolute Gasteiger partial charge is 0.243 e. The van der Waals surface area contributed by atoms with Crippen molar-refractivity contribution >= 4 is 38.7 Å². The molecule has 31 heavy (non-hydrogen) atoms. The first kappa shape index (κ1) is 22.0. The van der Waals surface area contributed by atoms with Gasteiger partial charge in [0.05, 0.1) is 17.1 Å². The van der Waals surface area contributed by atoms with Crippen LogP contribution in [0.1, 0.15) is 6.92 Å². The Bertz CT molecular complexity index is 1200. The molecule has 0 spiro atoms. The molecule has 9 heteroatoms. The molecule has 0 aliphatic heterocycles. The SMILES string of the molecule is CC(=O)Nc1ccc(NC(=O)CNc2cccc(S(=O)(=O)c3ccccc3)c2F)cc1. The number of hydrogen-bond acceptors (Lipinski definition) is 5. The van der Waals surface area contributed by atoms with Crippen molar-refractivity contribution in [1.29, 1.82) is 0 Å². The van der Waals surface area contributed by atoms with Crippen LogP contribution in [0.2, 0.25) is 0 Å². The Labute approximate surface area is 179 Å². The molecule has 7 nitrogen and oxygen atoms in total. The largest absolute Gasteiger partial charge is 0.374 e. The first-order valence-corrected chi connectivity index (χ1v) is 10.8. The molecule has 3 aromatic carbocycles. The highest BCUT2D eigenvalue weighted by atomic mass is 32.2. The van der Waals surface area contributed by atoms with Crippen LogP contribution in [0.25, 0.3) is 0 Å². The molecule has 160 valence electrons. The zero-order chi connectivity index (χ0) is 22.4. The molecule has 0 aliphatic rings. The van der Waals surface area contributed by atoms with Gasteiger partial charge in [-0.25, -0.2) is 12.8 Å². The van der Waals surface area contributed by atoms with Crippen LogP contribution in [-0.4, -0.2) is 26.8 Å². The number of carbonyl (C=O) groups is 2. The summed E-state index contributed by atoms with van der Waals surface area (Å²) in [5.74, 6) is -1.62. The van der Waals surface area contributed by atoms with Gasteiger partial charge in [0.15, 0.2) is 5.82 Å². The van der Waals surface area contributed by atoms with Gasteiger partial charge in [0.2, 0.25) is 21.7 Å². The van der Waals surface area contributed by atoms with Crippen molar-refractivity contribution in [2.45, 2.75) is 16.7 Å². The van der Waals surface area contributed by atoms with E-state index in [9.17, 15) is 22.4 Å². The third kappa shape index (κ3) is 5.46. The van der Waals surface area contributed by atoms with Gasteiger partial charge in [0, 0.05) is 18.3 Å². The number of anilines is 3. The lowest BCUT2D eigenvalue weighted by atomic mass is 10.2. The van der Waals surface area contributed by atoms with Crippen LogP contribution in [0.3, 0.4) is 0 Å². The predicted molar refractivity (Wildman–Crippen MR) is 116 cm³/mol. The minimum atomic E-state index is -4.04. The summed E-state index contributed by atoms with van der Waals surface area (Å²) in [5, 5.41) is 7.87. The minimum absolute atomic E-state index is 0.0218. The van der Waals surface area contributed by atoms with E-state index in [1.807, 2.05) is 0 Å². The van der Waals surface area contributed by atoms with E-state index in [0.29, 0.717) is 11.4 Å². The zero-order valence-electron chi connectivity index (χ0n) is 16.6. The lowest BCUT2D eigenvalue weighted by molar-refractivity contribution is -0.115. The van der Waals surface area contributed by atoms with Crippen molar-refractivity contribution < 1.29 is 22.4 Å². The first-order valence-electron chi connectivity index (χ1n) is 9.27. The molecular weight excluding hydrogens is 421 g/mol. The molecule has 0 unspecified atom stereocenters. The number of halogens is 1. The number of benzene rings is 3. The monoisotopic (exact) mass is 441 g/mol. The van der Waals surface area contributed by atoms with E-state index in [1.165, 1.54) is 37.3 Å². The molecule has 0 aromatic heterocycles. The van der Waals surface area contributed by atoms with Gasteiger partial charge in [-0.3, -0.25) is 9.59 Å². The Morgan fingerprint density at radius 2 is 1.45 bits per heavy atom. The molecular formula is C22H20FN3O4S. The van der Waals surface area contributed by atoms with Crippen molar-refractivity contribution in [1.82, 2.24) is 0 Å². The van der Waals surface area contributed by atoms with Gasteiger partial charge in [-0.1, -0.05) is 24.3 Å². The molecule has 0 fully saturated rings. The second-order valence-electron chi connectivity index (χ2n) is 6.59. The van der Waals surface area contributed by atoms with Crippen molar-refractivity contribution in [2.75, 3.05) is 22.5 Å². The Morgan fingerprint density at radius 3 is 2.06 bits per heavy atom. The third-order valence-electron chi connectivity index (χ3n) is 4.23. The molecule has 0 atom stereocenters. The van der Waals surface area contributed by atoms with Crippen LogP contribution in [0.5, 0.6) is 0 Å². The van der Waals surface area contributed by atoms with E-state index < -0.39 is 26.5 Å². The maximum absolute atomic E-state index is 14.9. The molecule has 0 radical (unpaired) electrons. The van der Waals surface area contributed by atoms with Gasteiger partial charge in [0.1, 0.15) is 4.90 Å². The summed E-state index contributed by atoms with van der Waals surface area (Å²) < 4.78 is 40.3. The normalized spacial score (nSPS) is 10.9. The van der Waals surface area contributed by atoms with Crippen LogP contribution in [0.15, 0.2) is 82.6 Å². The topological polar surface area (TPSA) is 104 Å². The molecule has 3 aromatic rings.